The number of hydrogen-bond acceptors (Lipinski definition) is 2. The molecule has 26 heavy (non-hydrogen) atoms. The second-order valence-corrected chi connectivity index (χ2v) is 8.79. The Labute approximate surface area is 172 Å². The molecular weight excluding hydrogens is 516 g/mol. The number of hydrogen-bond donors (Lipinski definition) is 0. The van der Waals surface area contributed by atoms with Crippen molar-refractivity contribution in [3.63, 3.8) is 0 Å². The highest BCUT2D eigenvalue weighted by molar-refractivity contribution is 9.10. The molecule has 0 unspecified atom stereocenters. The van der Waals surface area contributed by atoms with Gasteiger partial charge in [-0.2, -0.15) is 0 Å². The van der Waals surface area contributed by atoms with Gasteiger partial charge in [0.2, 0.25) is 0 Å². The summed E-state index contributed by atoms with van der Waals surface area (Å²) in [4.78, 5) is -0.558. The minimum Gasteiger partial charge on any atom is -0.202 e. The third-order valence-electron chi connectivity index (χ3n) is 3.28. The average molecular weight is 524 g/mol. The van der Waals surface area contributed by atoms with E-state index in [1.54, 1.807) is 48.5 Å². The Balaban J connectivity index is 2.05. The molecule has 0 aliphatic heterocycles. The van der Waals surface area contributed by atoms with Crippen LogP contribution in [0.15, 0.2) is 77.1 Å². The summed E-state index contributed by atoms with van der Waals surface area (Å²) >= 11 is 7.73. The van der Waals surface area contributed by atoms with Crippen LogP contribution in [-0.4, -0.2) is 0 Å². The van der Waals surface area contributed by atoms with Crippen molar-refractivity contribution in [2.45, 2.75) is 19.6 Å². The summed E-state index contributed by atoms with van der Waals surface area (Å²) in [5.41, 5.74) is 0. The van der Waals surface area contributed by atoms with E-state index in [1.165, 1.54) is 0 Å². The zero-order valence-corrected chi connectivity index (χ0v) is 17.5. The molecule has 0 heterocycles. The van der Waals surface area contributed by atoms with Crippen LogP contribution in [0.25, 0.3) is 0 Å². The van der Waals surface area contributed by atoms with Crippen LogP contribution >= 0.6 is 55.4 Å². The zero-order valence-electron chi connectivity index (χ0n) is 12.7. The van der Waals surface area contributed by atoms with Crippen LogP contribution in [0.5, 0.6) is 0 Å². The van der Waals surface area contributed by atoms with Gasteiger partial charge in [0.05, 0.1) is 9.79 Å². The van der Waals surface area contributed by atoms with Crippen LogP contribution in [0.2, 0.25) is 0 Å². The predicted octanol–water partition coefficient (Wildman–Crippen LogP) is 8.07. The fraction of sp³-hybridized carbons (Fsp3) is 0. The Morgan fingerprint density at radius 1 is 0.538 bits per heavy atom. The number of benzene rings is 3. The molecule has 0 aromatic heterocycles. The molecule has 0 amide bonds. The molecule has 0 fully saturated rings. The van der Waals surface area contributed by atoms with Crippen LogP contribution in [0.4, 0.5) is 17.6 Å². The smallest absolute Gasteiger partial charge is 0.177 e. The molecule has 0 nitrogen and oxygen atoms in total. The second kappa shape index (κ2) is 8.37. The molecule has 3 aromatic carbocycles. The highest BCUT2D eigenvalue weighted by Crippen LogP contribution is 2.43. The first-order chi connectivity index (χ1) is 12.4. The van der Waals surface area contributed by atoms with Crippen molar-refractivity contribution in [1.29, 1.82) is 0 Å². The molecule has 3 aromatic rings. The van der Waals surface area contributed by atoms with Gasteiger partial charge in [0.1, 0.15) is 0 Å². The Bertz CT molecular complexity index is 872. The fourth-order valence-electron chi connectivity index (χ4n) is 2.05. The molecule has 0 bridgehead atoms. The van der Waals surface area contributed by atoms with Gasteiger partial charge < -0.3 is 0 Å². The van der Waals surface area contributed by atoms with E-state index in [0.29, 0.717) is 42.3 Å². The summed E-state index contributed by atoms with van der Waals surface area (Å²) in [6, 6.07) is 13.3. The van der Waals surface area contributed by atoms with E-state index in [2.05, 4.69) is 31.9 Å². The molecule has 0 N–H and O–H groups in total. The van der Waals surface area contributed by atoms with Gasteiger partial charge in [0.15, 0.2) is 23.3 Å². The highest BCUT2D eigenvalue weighted by Gasteiger charge is 2.27. The first-order valence-corrected chi connectivity index (χ1v) is 10.3. The molecule has 0 aliphatic rings. The summed E-state index contributed by atoms with van der Waals surface area (Å²) in [6.45, 7) is 0. The third-order valence-corrected chi connectivity index (χ3v) is 7.46. The molecule has 0 aliphatic carbocycles. The quantitative estimate of drug-likeness (QED) is 0.250. The molecule has 0 saturated heterocycles. The molecule has 0 spiro atoms. The molecule has 8 heteroatoms. The zero-order chi connectivity index (χ0) is 18.8. The maximum Gasteiger partial charge on any atom is 0.177 e. The van der Waals surface area contributed by atoms with Crippen LogP contribution in [-0.2, 0) is 0 Å². The molecule has 0 atom stereocenters. The van der Waals surface area contributed by atoms with E-state index in [0.717, 1.165) is 0 Å². The lowest BCUT2D eigenvalue weighted by Crippen LogP contribution is -2.02. The predicted molar refractivity (Wildman–Crippen MR) is 103 cm³/mol. The van der Waals surface area contributed by atoms with Crippen molar-refractivity contribution in [3.05, 3.63) is 80.7 Å². The van der Waals surface area contributed by atoms with E-state index in [4.69, 9.17) is 0 Å². The first kappa shape index (κ1) is 19.8. The summed E-state index contributed by atoms with van der Waals surface area (Å²) < 4.78 is 59.1. The monoisotopic (exact) mass is 522 g/mol. The van der Waals surface area contributed by atoms with E-state index in [-0.39, 0.29) is 0 Å². The van der Waals surface area contributed by atoms with Gasteiger partial charge in [0, 0.05) is 18.7 Å². The lowest BCUT2D eigenvalue weighted by Gasteiger charge is -2.12. The third kappa shape index (κ3) is 3.98. The van der Waals surface area contributed by atoms with E-state index >= 15 is 0 Å². The van der Waals surface area contributed by atoms with Crippen molar-refractivity contribution in [2.75, 3.05) is 0 Å². The first-order valence-electron chi connectivity index (χ1n) is 7.11. The van der Waals surface area contributed by atoms with E-state index in [9.17, 15) is 17.6 Å². The lowest BCUT2D eigenvalue weighted by atomic mass is 10.3. The SMILES string of the molecule is Fc1c(F)c(Sc2ccccc2Br)c(F)c(F)c1Sc1ccccc1Br. The summed E-state index contributed by atoms with van der Waals surface area (Å²) in [7, 11) is 0. The molecule has 0 radical (unpaired) electrons. The highest BCUT2D eigenvalue weighted by atomic mass is 79.9. The number of halogens is 6. The average Bonchev–Trinajstić information content (AvgIpc) is 2.63. The maximum atomic E-state index is 14.5. The molecular formula is C18H8Br2F4S2. The normalized spacial score (nSPS) is 11.0. The summed E-state index contributed by atoms with van der Waals surface area (Å²) in [6.07, 6.45) is 0. The topological polar surface area (TPSA) is 0 Å². The Morgan fingerprint density at radius 3 is 1.15 bits per heavy atom. The van der Waals surface area contributed by atoms with Gasteiger partial charge in [-0.25, -0.2) is 17.6 Å². The van der Waals surface area contributed by atoms with E-state index in [1.807, 2.05) is 0 Å². The van der Waals surface area contributed by atoms with Crippen LogP contribution < -0.4 is 0 Å². The van der Waals surface area contributed by atoms with Crippen LogP contribution in [0.3, 0.4) is 0 Å². The fourth-order valence-corrected chi connectivity index (χ4v) is 4.88. The van der Waals surface area contributed by atoms with Crippen molar-refractivity contribution in [1.82, 2.24) is 0 Å². The summed E-state index contributed by atoms with van der Waals surface area (Å²) in [5.74, 6) is -5.67. The van der Waals surface area contributed by atoms with Gasteiger partial charge in [-0.05, 0) is 56.1 Å². The summed E-state index contributed by atoms with van der Waals surface area (Å²) in [5, 5.41) is 0. The Hall–Kier alpha value is -0.960. The van der Waals surface area contributed by atoms with Crippen molar-refractivity contribution in [3.8, 4) is 0 Å². The molecule has 3 rings (SSSR count). The van der Waals surface area contributed by atoms with Gasteiger partial charge >= 0.3 is 0 Å². The van der Waals surface area contributed by atoms with Crippen molar-refractivity contribution in [2.24, 2.45) is 0 Å². The Morgan fingerprint density at radius 2 is 0.846 bits per heavy atom. The molecule has 0 saturated carbocycles. The Kier molecular flexibility index (Phi) is 6.37. The standard InChI is InChI=1S/C18H8Br2F4S2/c19-9-5-1-3-7-11(9)25-17-13(21)15(23)18(16(24)14(17)22)26-12-8-4-2-6-10(12)20/h1-8H. The second-order valence-electron chi connectivity index (χ2n) is 4.98. The van der Waals surface area contributed by atoms with Gasteiger partial charge in [-0.3, -0.25) is 0 Å². The molecule has 134 valence electrons. The largest absolute Gasteiger partial charge is 0.202 e. The van der Waals surface area contributed by atoms with Gasteiger partial charge in [-0.1, -0.05) is 47.8 Å². The van der Waals surface area contributed by atoms with Crippen LogP contribution in [0.1, 0.15) is 0 Å². The van der Waals surface area contributed by atoms with Crippen molar-refractivity contribution < 1.29 is 17.6 Å². The number of rotatable bonds is 4. The van der Waals surface area contributed by atoms with E-state index < -0.39 is 33.1 Å². The minimum atomic E-state index is -1.42. The minimum absolute atomic E-state index is 0.440. The maximum absolute atomic E-state index is 14.5. The van der Waals surface area contributed by atoms with Crippen molar-refractivity contribution >= 4 is 55.4 Å². The van der Waals surface area contributed by atoms with Gasteiger partial charge in [0.25, 0.3) is 0 Å². The van der Waals surface area contributed by atoms with Gasteiger partial charge in [-0.15, -0.1) is 0 Å². The lowest BCUT2D eigenvalue weighted by molar-refractivity contribution is 0.401. The van der Waals surface area contributed by atoms with Crippen LogP contribution in [0, 0.1) is 23.3 Å².